The van der Waals surface area contributed by atoms with Gasteiger partial charge in [0.2, 0.25) is 5.82 Å². The monoisotopic (exact) mass is 634 g/mol. The molecule has 4 heterocycles. The van der Waals surface area contributed by atoms with Crippen molar-refractivity contribution in [2.24, 2.45) is 0 Å². The Bertz CT molecular complexity index is 1780. The zero-order chi connectivity index (χ0) is 32.4. The topological polar surface area (TPSA) is 133 Å². The summed E-state index contributed by atoms with van der Waals surface area (Å²) in [4.78, 5) is 27.6. The summed E-state index contributed by atoms with van der Waals surface area (Å²) in [5.41, 5.74) is 4.29. The van der Waals surface area contributed by atoms with Gasteiger partial charge in [-0.05, 0) is 37.0 Å². The van der Waals surface area contributed by atoms with E-state index in [9.17, 15) is 9.90 Å². The average molecular weight is 635 g/mol. The molecule has 0 bridgehead atoms. The number of aliphatic hydroxyl groups excluding tert-OH is 1. The normalized spacial score (nSPS) is 21.6. The number of nitrogens with one attached hydrogen (secondary N) is 2. The summed E-state index contributed by atoms with van der Waals surface area (Å²) in [5, 5.41) is 16.5. The molecule has 0 aliphatic carbocycles. The molecule has 3 aromatic carbocycles. The molecule has 11 heteroatoms. The van der Waals surface area contributed by atoms with Crippen molar-refractivity contribution >= 4 is 22.9 Å². The van der Waals surface area contributed by atoms with Crippen LogP contribution in [-0.2, 0) is 20.6 Å². The van der Waals surface area contributed by atoms with Crippen molar-refractivity contribution in [3.05, 3.63) is 120 Å². The van der Waals surface area contributed by atoms with Crippen molar-refractivity contribution < 1.29 is 24.1 Å². The number of imidazole rings is 1. The average Bonchev–Trinajstić information content (AvgIpc) is 3.76. The molecule has 2 unspecified atom stereocenters. The van der Waals surface area contributed by atoms with Gasteiger partial charge in [0.05, 0.1) is 12.9 Å². The molecule has 47 heavy (non-hydrogen) atoms. The summed E-state index contributed by atoms with van der Waals surface area (Å²) in [5.74, 6) is -0.820. The number of aliphatic hydroxyl groups is 1. The maximum atomic E-state index is 13.5. The highest BCUT2D eigenvalue weighted by molar-refractivity contribution is 5.94. The van der Waals surface area contributed by atoms with Gasteiger partial charge < -0.3 is 30.0 Å². The minimum Gasteiger partial charge on any atom is -0.394 e. The van der Waals surface area contributed by atoms with E-state index in [-0.39, 0.29) is 18.3 Å². The number of carbonyl (C=O) groups is 1. The summed E-state index contributed by atoms with van der Waals surface area (Å²) in [6.45, 7) is 4.34. The molecule has 7 rings (SSSR count). The summed E-state index contributed by atoms with van der Waals surface area (Å²) in [6, 6.07) is 30.5. The van der Waals surface area contributed by atoms with Gasteiger partial charge in [-0.15, -0.1) is 0 Å². The molecule has 2 aromatic heterocycles. The zero-order valence-corrected chi connectivity index (χ0v) is 26.3. The van der Waals surface area contributed by atoms with Crippen LogP contribution in [-0.4, -0.2) is 74.3 Å². The summed E-state index contributed by atoms with van der Waals surface area (Å²) in [6.07, 6.45) is 0.000143. The van der Waals surface area contributed by atoms with Gasteiger partial charge in [-0.2, -0.15) is 0 Å². The number of hydrogen-bond donors (Lipinski definition) is 3. The van der Waals surface area contributed by atoms with Crippen LogP contribution in [0.15, 0.2) is 97.3 Å². The molecule has 4 atom stereocenters. The minimum atomic E-state index is -0.851. The van der Waals surface area contributed by atoms with E-state index in [0.717, 1.165) is 16.7 Å². The van der Waals surface area contributed by atoms with Crippen molar-refractivity contribution in [3.63, 3.8) is 0 Å². The Balaban J connectivity index is 1.23. The quantitative estimate of drug-likeness (QED) is 0.193. The van der Waals surface area contributed by atoms with Gasteiger partial charge in [-0.25, -0.2) is 15.0 Å². The summed E-state index contributed by atoms with van der Waals surface area (Å²) < 4.78 is 20.3. The molecule has 11 nitrogen and oxygen atoms in total. The van der Waals surface area contributed by atoms with Crippen molar-refractivity contribution in [1.82, 2.24) is 24.8 Å². The van der Waals surface area contributed by atoms with Crippen LogP contribution in [0, 0.1) is 0 Å². The third kappa shape index (κ3) is 6.48. The fraction of sp³-hybridized carbons (Fsp3) is 0.333. The standard InChI is InChI=1S/C36H38N6O5/c1-36(2)46-29-27(21-43)45-35(30(29)47-36)42-22-39-28-31(38-20-26(24-14-8-4-9-15-24)25-16-10-5-11-17-25)40-32(41-33(28)42)34(44)37-19-18-23-12-6-3-7-13-23/h3-17,22,26-27,29-30,35,43H,18-21H2,1-2H3,(H,37,44)(H,38,40,41)/t27?,29-,30-,35?/m1/s1. The van der Waals surface area contributed by atoms with Gasteiger partial charge in [-0.1, -0.05) is 91.0 Å². The number of ether oxygens (including phenoxy) is 3. The molecular formula is C36H38N6O5. The number of hydrogen-bond acceptors (Lipinski definition) is 9. The first-order valence-corrected chi connectivity index (χ1v) is 15.9. The fourth-order valence-electron chi connectivity index (χ4n) is 6.40. The number of rotatable bonds is 11. The van der Waals surface area contributed by atoms with Crippen molar-refractivity contribution in [3.8, 4) is 0 Å². The summed E-state index contributed by atoms with van der Waals surface area (Å²) >= 11 is 0. The van der Waals surface area contributed by atoms with Gasteiger partial charge in [0.1, 0.15) is 18.3 Å². The van der Waals surface area contributed by atoms with Crippen molar-refractivity contribution in [2.75, 3.05) is 25.0 Å². The van der Waals surface area contributed by atoms with Crippen LogP contribution >= 0.6 is 0 Å². The Labute approximate surface area is 272 Å². The SMILES string of the molecule is CC1(C)O[C@@H]2C(CO)OC(n3cnc4c(NCC(c5ccccc5)c5ccccc5)nc(C(=O)NCCc5ccccc5)nc43)[C@@H]2O1. The number of fused-ring (bicyclic) bond motifs is 2. The van der Waals surface area contributed by atoms with E-state index >= 15 is 0 Å². The van der Waals surface area contributed by atoms with Gasteiger partial charge >= 0.3 is 0 Å². The predicted molar refractivity (Wildman–Crippen MR) is 176 cm³/mol. The van der Waals surface area contributed by atoms with E-state index in [2.05, 4.69) is 34.9 Å². The molecule has 0 radical (unpaired) electrons. The zero-order valence-electron chi connectivity index (χ0n) is 26.3. The molecule has 0 spiro atoms. The lowest BCUT2D eigenvalue weighted by atomic mass is 9.91. The van der Waals surface area contributed by atoms with Crippen LogP contribution in [0.25, 0.3) is 11.2 Å². The summed E-state index contributed by atoms with van der Waals surface area (Å²) in [7, 11) is 0. The second-order valence-corrected chi connectivity index (χ2v) is 12.3. The van der Waals surface area contributed by atoms with Crippen molar-refractivity contribution in [2.45, 2.75) is 56.5 Å². The highest BCUT2D eigenvalue weighted by Gasteiger charge is 2.56. The van der Waals surface area contributed by atoms with E-state index in [1.807, 2.05) is 80.6 Å². The Hall–Kier alpha value is -4.68. The minimum absolute atomic E-state index is 0.00274. The van der Waals surface area contributed by atoms with E-state index in [1.165, 1.54) is 0 Å². The lowest BCUT2D eigenvalue weighted by Crippen LogP contribution is -2.31. The Kier molecular flexibility index (Phi) is 8.70. The largest absolute Gasteiger partial charge is 0.394 e. The number of aromatic nitrogens is 4. The third-order valence-electron chi connectivity index (χ3n) is 8.62. The van der Waals surface area contributed by atoms with Crippen molar-refractivity contribution in [1.29, 1.82) is 0 Å². The van der Waals surface area contributed by atoms with Crippen LogP contribution in [0.2, 0.25) is 0 Å². The highest BCUT2D eigenvalue weighted by atomic mass is 16.8. The number of carbonyl (C=O) groups excluding carboxylic acids is 1. The number of benzene rings is 3. The Morgan fingerprint density at radius 2 is 1.55 bits per heavy atom. The van der Waals surface area contributed by atoms with Crippen LogP contribution in [0.1, 0.15) is 53.3 Å². The maximum Gasteiger partial charge on any atom is 0.289 e. The maximum absolute atomic E-state index is 13.5. The predicted octanol–water partition coefficient (Wildman–Crippen LogP) is 4.45. The number of nitrogens with zero attached hydrogens (tertiary/aromatic N) is 4. The van der Waals surface area contributed by atoms with Gasteiger partial charge in [0, 0.05) is 19.0 Å². The van der Waals surface area contributed by atoms with Crippen LogP contribution in [0.5, 0.6) is 0 Å². The van der Waals surface area contributed by atoms with E-state index < -0.39 is 36.2 Å². The van der Waals surface area contributed by atoms with Gasteiger partial charge in [-0.3, -0.25) is 9.36 Å². The Morgan fingerprint density at radius 3 is 2.21 bits per heavy atom. The molecule has 2 fully saturated rings. The highest BCUT2D eigenvalue weighted by Crippen LogP contribution is 2.43. The lowest BCUT2D eigenvalue weighted by molar-refractivity contribution is -0.199. The second kappa shape index (κ2) is 13.2. The molecule has 1 amide bonds. The smallest absolute Gasteiger partial charge is 0.289 e. The van der Waals surface area contributed by atoms with Gasteiger partial charge in [0.15, 0.2) is 29.0 Å². The molecule has 242 valence electrons. The second-order valence-electron chi connectivity index (χ2n) is 12.3. The van der Waals surface area contributed by atoms with Gasteiger partial charge in [0.25, 0.3) is 5.91 Å². The van der Waals surface area contributed by atoms with E-state index in [4.69, 9.17) is 29.2 Å². The van der Waals surface area contributed by atoms with E-state index in [0.29, 0.717) is 36.5 Å². The first kappa shape index (κ1) is 30.9. The Morgan fingerprint density at radius 1 is 0.915 bits per heavy atom. The number of anilines is 1. The lowest BCUT2D eigenvalue weighted by Gasteiger charge is -2.24. The molecule has 3 N–H and O–H groups in total. The third-order valence-corrected chi connectivity index (χ3v) is 8.62. The van der Waals surface area contributed by atoms with E-state index in [1.54, 1.807) is 10.9 Å². The number of amides is 1. The molecule has 2 aliphatic heterocycles. The fourth-order valence-corrected chi connectivity index (χ4v) is 6.40. The molecular weight excluding hydrogens is 596 g/mol. The van der Waals surface area contributed by atoms with Crippen LogP contribution in [0.4, 0.5) is 5.82 Å². The molecule has 2 saturated heterocycles. The molecule has 5 aromatic rings. The molecule has 0 saturated carbocycles. The first-order chi connectivity index (χ1) is 22.9. The van der Waals surface area contributed by atoms with Crippen LogP contribution < -0.4 is 10.6 Å². The van der Waals surface area contributed by atoms with Crippen LogP contribution in [0.3, 0.4) is 0 Å². The molecule has 2 aliphatic rings. The first-order valence-electron chi connectivity index (χ1n) is 15.9.